The lowest BCUT2D eigenvalue weighted by molar-refractivity contribution is -0.701. The molecular weight excluding hydrogens is 488 g/mol. The van der Waals surface area contributed by atoms with Gasteiger partial charge in [0, 0.05) is 25.1 Å². The molecule has 204 valence electrons. The van der Waals surface area contributed by atoms with Gasteiger partial charge in [-0.1, -0.05) is 82.4 Å². The Morgan fingerprint density at radius 3 is 2.19 bits per heavy atom. The van der Waals surface area contributed by atoms with Gasteiger partial charge in [0.2, 0.25) is 11.6 Å². The normalized spacial score (nSPS) is 10.8. The van der Waals surface area contributed by atoms with E-state index in [1.54, 1.807) is 18.2 Å². The van der Waals surface area contributed by atoms with Gasteiger partial charge in [-0.05, 0) is 25.5 Å². The van der Waals surface area contributed by atoms with Gasteiger partial charge in [-0.15, -0.1) is 0 Å². The van der Waals surface area contributed by atoms with Crippen LogP contribution in [0.5, 0.6) is 11.5 Å². The van der Waals surface area contributed by atoms with E-state index in [4.69, 9.17) is 21.1 Å². The Morgan fingerprint density at radius 2 is 1.57 bits per heavy atom. The molecule has 2 amide bonds. The minimum Gasteiger partial charge on any atom is -0.492 e. The number of benzene rings is 1. The van der Waals surface area contributed by atoms with Crippen molar-refractivity contribution in [1.82, 2.24) is 4.90 Å². The zero-order valence-electron chi connectivity index (χ0n) is 22.8. The number of imide groups is 1. The van der Waals surface area contributed by atoms with Crippen LogP contribution in [0.3, 0.4) is 0 Å². The Morgan fingerprint density at radius 1 is 0.892 bits per heavy atom. The van der Waals surface area contributed by atoms with Gasteiger partial charge in [-0.2, -0.15) is 0 Å². The molecule has 1 heterocycles. The molecule has 0 saturated heterocycles. The molecule has 0 aliphatic rings. The van der Waals surface area contributed by atoms with E-state index < -0.39 is 5.91 Å². The molecule has 37 heavy (non-hydrogen) atoms. The molecule has 0 N–H and O–H groups in total. The maximum Gasteiger partial charge on any atom is 0.267 e. The van der Waals surface area contributed by atoms with Crippen molar-refractivity contribution in [1.29, 1.82) is 0 Å². The minimum atomic E-state index is -0.406. The van der Waals surface area contributed by atoms with E-state index in [1.807, 2.05) is 35.9 Å². The summed E-state index contributed by atoms with van der Waals surface area (Å²) in [4.78, 5) is 26.1. The molecule has 2 rings (SSSR count). The third kappa shape index (κ3) is 11.5. The van der Waals surface area contributed by atoms with Crippen LogP contribution in [0.1, 0.15) is 90.7 Å². The first-order valence-electron chi connectivity index (χ1n) is 13.8. The van der Waals surface area contributed by atoms with E-state index in [2.05, 4.69) is 6.92 Å². The second-order valence-electron chi connectivity index (χ2n) is 9.39. The molecule has 0 radical (unpaired) electrons. The second-order valence-corrected chi connectivity index (χ2v) is 9.80. The summed E-state index contributed by atoms with van der Waals surface area (Å²) in [5, 5.41) is 0.439. The van der Waals surface area contributed by atoms with E-state index in [0.29, 0.717) is 23.1 Å². The number of aryl methyl sites for hydroxylation is 1. The number of aromatic nitrogens is 1. The van der Waals surface area contributed by atoms with Crippen LogP contribution < -0.4 is 14.0 Å². The summed E-state index contributed by atoms with van der Waals surface area (Å²) in [6.07, 6.45) is 14.7. The van der Waals surface area contributed by atoms with Crippen molar-refractivity contribution < 1.29 is 23.6 Å². The van der Waals surface area contributed by atoms with Crippen LogP contribution in [0.4, 0.5) is 0 Å². The Labute approximate surface area is 227 Å². The second kappa shape index (κ2) is 17.8. The van der Waals surface area contributed by atoms with Gasteiger partial charge >= 0.3 is 0 Å². The fourth-order valence-corrected chi connectivity index (χ4v) is 4.41. The number of amides is 2. The number of carbonyl (C=O) groups excluding carboxylic acids is 2. The minimum absolute atomic E-state index is 0.193. The van der Waals surface area contributed by atoms with Crippen molar-refractivity contribution in [2.45, 2.75) is 98.1 Å². The van der Waals surface area contributed by atoms with E-state index in [9.17, 15) is 9.59 Å². The lowest BCUT2D eigenvalue weighted by Crippen LogP contribution is -2.44. The van der Waals surface area contributed by atoms with Gasteiger partial charge in [0.05, 0.1) is 11.6 Å². The first-order valence-corrected chi connectivity index (χ1v) is 14.2. The molecule has 6 nitrogen and oxygen atoms in total. The number of carbonyl (C=O) groups is 2. The molecule has 0 bridgehead atoms. The fourth-order valence-electron chi connectivity index (χ4n) is 4.18. The largest absolute Gasteiger partial charge is 0.492 e. The number of unbranched alkanes of at least 4 members (excludes halogenated alkanes) is 9. The number of hydrogen-bond donors (Lipinski definition) is 0. The summed E-state index contributed by atoms with van der Waals surface area (Å²) < 4.78 is 13.5. The first-order chi connectivity index (χ1) is 18.0. The first kappa shape index (κ1) is 30.6. The Balaban J connectivity index is 1.72. The van der Waals surface area contributed by atoms with Crippen molar-refractivity contribution in [3.63, 3.8) is 0 Å². The van der Waals surface area contributed by atoms with Crippen molar-refractivity contribution in [2.24, 2.45) is 0 Å². The third-order valence-electron chi connectivity index (χ3n) is 6.40. The molecule has 0 unspecified atom stereocenters. The van der Waals surface area contributed by atoms with Crippen LogP contribution in [0.2, 0.25) is 5.02 Å². The number of pyridine rings is 1. The van der Waals surface area contributed by atoms with Crippen molar-refractivity contribution in [3.05, 3.63) is 53.3 Å². The van der Waals surface area contributed by atoms with Gasteiger partial charge in [0.15, 0.2) is 12.8 Å². The quantitative estimate of drug-likeness (QED) is 0.155. The van der Waals surface area contributed by atoms with Crippen LogP contribution in [0, 0.1) is 0 Å². The van der Waals surface area contributed by atoms with Crippen LogP contribution >= 0.6 is 11.6 Å². The van der Waals surface area contributed by atoms with E-state index in [-0.39, 0.29) is 19.1 Å². The van der Waals surface area contributed by atoms with Crippen LogP contribution in [0.15, 0.2) is 42.6 Å². The van der Waals surface area contributed by atoms with E-state index >= 15 is 0 Å². The van der Waals surface area contributed by atoms with E-state index in [0.717, 1.165) is 25.1 Å². The average Bonchev–Trinajstić information content (AvgIpc) is 2.90. The van der Waals surface area contributed by atoms with Crippen molar-refractivity contribution in [2.75, 3.05) is 13.2 Å². The van der Waals surface area contributed by atoms with Crippen LogP contribution in [-0.2, 0) is 22.7 Å². The van der Waals surface area contributed by atoms with E-state index in [1.165, 1.54) is 63.2 Å². The number of nitrogens with zero attached hydrogens (tertiary/aromatic N) is 2. The van der Waals surface area contributed by atoms with Crippen molar-refractivity contribution in [3.8, 4) is 11.5 Å². The summed E-state index contributed by atoms with van der Waals surface area (Å²) >= 11 is 6.37. The highest BCUT2D eigenvalue weighted by Gasteiger charge is 2.23. The molecule has 1 aromatic carbocycles. The topological polar surface area (TPSA) is 59.7 Å². The molecule has 7 heteroatoms. The lowest BCUT2D eigenvalue weighted by Gasteiger charge is -2.18. The Hall–Kier alpha value is -2.60. The van der Waals surface area contributed by atoms with Crippen molar-refractivity contribution >= 4 is 23.4 Å². The molecule has 0 saturated carbocycles. The molecule has 0 fully saturated rings. The molecule has 1 aromatic heterocycles. The predicted octanol–water partition coefficient (Wildman–Crippen LogP) is 6.90. The number of rotatable bonds is 18. The Kier molecular flexibility index (Phi) is 14.7. The standard InChI is InChI=1S/C30H44ClN2O4/c1-4-6-7-8-9-10-11-12-13-16-21-36-29-19-18-27(22-28(29)31)37-24-30(35)33(25(3)34)23-26-17-14-15-20-32(26)5-2/h14-15,17-20,22H,4-13,16,21,23-24H2,1-3H3/q+1. The van der Waals surface area contributed by atoms with Crippen LogP contribution in [0.25, 0.3) is 0 Å². The highest BCUT2D eigenvalue weighted by molar-refractivity contribution is 6.32. The number of hydrogen-bond acceptors (Lipinski definition) is 4. The van der Waals surface area contributed by atoms with Crippen LogP contribution in [-0.4, -0.2) is 29.9 Å². The SMILES string of the molecule is CCCCCCCCCCCCOc1ccc(OCC(=O)N(Cc2cccc[n+]2CC)C(C)=O)cc1Cl. The molecular formula is C30H44ClN2O4+. The summed E-state index contributed by atoms with van der Waals surface area (Å²) in [6, 6.07) is 10.8. The summed E-state index contributed by atoms with van der Waals surface area (Å²) in [6.45, 7) is 6.96. The monoisotopic (exact) mass is 531 g/mol. The number of ether oxygens (including phenoxy) is 2. The maximum atomic E-state index is 12.8. The van der Waals surface area contributed by atoms with Gasteiger partial charge in [-0.3, -0.25) is 14.5 Å². The zero-order chi connectivity index (χ0) is 26.9. The molecule has 2 aromatic rings. The molecule has 0 aliphatic carbocycles. The summed E-state index contributed by atoms with van der Waals surface area (Å²) in [5.74, 6) is 0.330. The van der Waals surface area contributed by atoms with Gasteiger partial charge in [-0.25, -0.2) is 4.57 Å². The summed E-state index contributed by atoms with van der Waals surface area (Å²) in [7, 11) is 0. The average molecular weight is 532 g/mol. The molecule has 0 aliphatic heterocycles. The van der Waals surface area contributed by atoms with Gasteiger partial charge < -0.3 is 9.47 Å². The Bertz CT molecular complexity index is 966. The zero-order valence-corrected chi connectivity index (χ0v) is 23.6. The summed E-state index contributed by atoms with van der Waals surface area (Å²) in [5.41, 5.74) is 0.875. The third-order valence-corrected chi connectivity index (χ3v) is 6.69. The smallest absolute Gasteiger partial charge is 0.267 e. The highest BCUT2D eigenvalue weighted by Crippen LogP contribution is 2.29. The van der Waals surface area contributed by atoms with Gasteiger partial charge in [0.25, 0.3) is 5.91 Å². The number of halogens is 1. The predicted molar refractivity (Wildman–Crippen MR) is 148 cm³/mol. The molecule has 0 atom stereocenters. The maximum absolute atomic E-state index is 12.8. The lowest BCUT2D eigenvalue weighted by atomic mass is 10.1. The fraction of sp³-hybridized carbons (Fsp3) is 0.567. The molecule has 0 spiro atoms. The highest BCUT2D eigenvalue weighted by atomic mass is 35.5. The van der Waals surface area contributed by atoms with Gasteiger partial charge in [0.1, 0.15) is 24.6 Å².